The van der Waals surface area contributed by atoms with E-state index >= 15 is 0 Å². The number of nitrogens with zero attached hydrogens (tertiary/aromatic N) is 6. The van der Waals surface area contributed by atoms with E-state index in [1.807, 2.05) is 13.0 Å². The molecule has 4 rings (SSSR count). The Morgan fingerprint density at radius 2 is 2.04 bits per heavy atom. The summed E-state index contributed by atoms with van der Waals surface area (Å²) in [4.78, 5) is 21.1. The van der Waals surface area contributed by atoms with Crippen molar-refractivity contribution in [3.05, 3.63) is 53.3 Å². The molecule has 0 spiro atoms. The van der Waals surface area contributed by atoms with Gasteiger partial charge < -0.3 is 15.0 Å². The van der Waals surface area contributed by atoms with Crippen molar-refractivity contribution in [1.82, 2.24) is 29.5 Å². The SMILES string of the molecule is CCOc1nc(N)c2nc(-c3cncc(F)c3)n(Cc3ccc(Cl)nc3)c2n1. The zero-order valence-corrected chi connectivity index (χ0v) is 15.6. The van der Waals surface area contributed by atoms with Crippen LogP contribution in [0.1, 0.15) is 12.5 Å². The highest BCUT2D eigenvalue weighted by Gasteiger charge is 2.19. The van der Waals surface area contributed by atoms with E-state index in [0.29, 0.717) is 40.9 Å². The summed E-state index contributed by atoms with van der Waals surface area (Å²) in [6, 6.07) is 5.02. The molecule has 0 aliphatic carbocycles. The molecule has 28 heavy (non-hydrogen) atoms. The van der Waals surface area contributed by atoms with Gasteiger partial charge in [0, 0.05) is 18.0 Å². The highest BCUT2D eigenvalue weighted by molar-refractivity contribution is 6.29. The zero-order valence-electron chi connectivity index (χ0n) is 14.8. The van der Waals surface area contributed by atoms with Crippen molar-refractivity contribution in [2.75, 3.05) is 12.3 Å². The largest absolute Gasteiger partial charge is 0.464 e. The van der Waals surface area contributed by atoms with Gasteiger partial charge in [0.25, 0.3) is 0 Å². The van der Waals surface area contributed by atoms with Crippen LogP contribution < -0.4 is 10.5 Å². The Morgan fingerprint density at radius 1 is 1.18 bits per heavy atom. The highest BCUT2D eigenvalue weighted by Crippen LogP contribution is 2.28. The average Bonchev–Trinajstić information content (AvgIpc) is 3.03. The monoisotopic (exact) mass is 399 g/mol. The number of hydrogen-bond donors (Lipinski definition) is 1. The van der Waals surface area contributed by atoms with Crippen molar-refractivity contribution in [2.24, 2.45) is 0 Å². The molecule has 8 nitrogen and oxygen atoms in total. The van der Waals surface area contributed by atoms with E-state index < -0.39 is 5.82 Å². The summed E-state index contributed by atoms with van der Waals surface area (Å²) in [6.45, 7) is 2.57. The third-order valence-corrected chi connectivity index (χ3v) is 4.19. The second-order valence-corrected chi connectivity index (χ2v) is 6.29. The Bertz CT molecular complexity index is 1150. The molecule has 4 aromatic heterocycles. The lowest BCUT2D eigenvalue weighted by Gasteiger charge is -2.09. The van der Waals surface area contributed by atoms with Crippen LogP contribution in [0.5, 0.6) is 6.01 Å². The summed E-state index contributed by atoms with van der Waals surface area (Å²) in [5, 5.41) is 0.388. The fraction of sp³-hybridized carbons (Fsp3) is 0.167. The standard InChI is InChI=1S/C18H15ClFN7O/c1-2-28-18-25-15(21)14-17(26-18)27(9-10-3-4-13(19)23-6-10)16(24-14)11-5-12(20)8-22-7-11/h3-8H,2,9H2,1H3,(H2,21,25,26). The number of hydrogen-bond acceptors (Lipinski definition) is 7. The number of imidazole rings is 1. The Morgan fingerprint density at radius 3 is 2.75 bits per heavy atom. The summed E-state index contributed by atoms with van der Waals surface area (Å²) in [6.07, 6.45) is 4.30. The van der Waals surface area contributed by atoms with E-state index in [2.05, 4.69) is 24.9 Å². The first-order chi connectivity index (χ1) is 13.5. The summed E-state index contributed by atoms with van der Waals surface area (Å²) in [7, 11) is 0. The van der Waals surface area contributed by atoms with Gasteiger partial charge in [-0.2, -0.15) is 9.97 Å². The topological polar surface area (TPSA) is 105 Å². The minimum atomic E-state index is -0.474. The van der Waals surface area contributed by atoms with Crippen LogP contribution in [0, 0.1) is 5.82 Å². The smallest absolute Gasteiger partial charge is 0.320 e. The van der Waals surface area contributed by atoms with Crippen LogP contribution in [-0.2, 0) is 6.54 Å². The molecule has 0 fully saturated rings. The molecule has 0 unspecified atom stereocenters. The maximum atomic E-state index is 13.8. The molecule has 0 amide bonds. The Balaban J connectivity index is 1.93. The van der Waals surface area contributed by atoms with Crippen LogP contribution in [0.3, 0.4) is 0 Å². The number of nitrogen functional groups attached to an aromatic ring is 1. The molecule has 4 aromatic rings. The summed E-state index contributed by atoms with van der Waals surface area (Å²) < 4.78 is 21.0. The number of anilines is 1. The van der Waals surface area contributed by atoms with Gasteiger partial charge in [0.2, 0.25) is 0 Å². The van der Waals surface area contributed by atoms with Crippen LogP contribution >= 0.6 is 11.6 Å². The maximum Gasteiger partial charge on any atom is 0.320 e. The summed E-state index contributed by atoms with van der Waals surface area (Å²) in [5.74, 6) is 0.150. The molecule has 0 aromatic carbocycles. The fourth-order valence-electron chi connectivity index (χ4n) is 2.78. The van der Waals surface area contributed by atoms with E-state index in [0.717, 1.165) is 11.8 Å². The van der Waals surface area contributed by atoms with Gasteiger partial charge in [0.15, 0.2) is 17.0 Å². The first-order valence-electron chi connectivity index (χ1n) is 8.43. The fourth-order valence-corrected chi connectivity index (χ4v) is 2.89. The minimum Gasteiger partial charge on any atom is -0.464 e. The van der Waals surface area contributed by atoms with Crippen molar-refractivity contribution in [3.63, 3.8) is 0 Å². The first kappa shape index (κ1) is 18.1. The molecule has 4 heterocycles. The quantitative estimate of drug-likeness (QED) is 0.514. The number of pyridine rings is 2. The van der Waals surface area contributed by atoms with Crippen LogP contribution in [0.4, 0.5) is 10.2 Å². The third-order valence-electron chi connectivity index (χ3n) is 3.97. The normalized spacial score (nSPS) is 11.1. The van der Waals surface area contributed by atoms with Crippen molar-refractivity contribution in [1.29, 1.82) is 0 Å². The predicted molar refractivity (Wildman–Crippen MR) is 102 cm³/mol. The maximum absolute atomic E-state index is 13.8. The molecule has 0 saturated carbocycles. The third kappa shape index (κ3) is 3.44. The van der Waals surface area contributed by atoms with E-state index in [-0.39, 0.29) is 11.8 Å². The van der Waals surface area contributed by atoms with E-state index in [4.69, 9.17) is 22.1 Å². The van der Waals surface area contributed by atoms with E-state index in [9.17, 15) is 4.39 Å². The molecule has 0 atom stereocenters. The summed E-state index contributed by atoms with van der Waals surface area (Å²) in [5.41, 5.74) is 8.26. The van der Waals surface area contributed by atoms with Crippen LogP contribution in [0.15, 0.2) is 36.8 Å². The highest BCUT2D eigenvalue weighted by atomic mass is 35.5. The molecule has 0 aliphatic rings. The molecule has 2 N–H and O–H groups in total. The number of aromatic nitrogens is 6. The lowest BCUT2D eigenvalue weighted by Crippen LogP contribution is -2.06. The Hall–Kier alpha value is -3.33. The molecule has 0 aliphatic heterocycles. The van der Waals surface area contributed by atoms with Crippen LogP contribution in [0.2, 0.25) is 5.15 Å². The van der Waals surface area contributed by atoms with Crippen LogP contribution in [0.25, 0.3) is 22.6 Å². The molecule has 10 heteroatoms. The minimum absolute atomic E-state index is 0.145. The van der Waals surface area contributed by atoms with Gasteiger partial charge in [-0.15, -0.1) is 0 Å². The van der Waals surface area contributed by atoms with Crippen molar-refractivity contribution in [3.8, 4) is 17.4 Å². The molecule has 0 bridgehead atoms. The first-order valence-corrected chi connectivity index (χ1v) is 8.81. The van der Waals surface area contributed by atoms with Gasteiger partial charge in [-0.05, 0) is 24.6 Å². The van der Waals surface area contributed by atoms with E-state index in [1.165, 1.54) is 12.3 Å². The number of ether oxygens (including phenoxy) is 1. The van der Waals surface area contributed by atoms with Gasteiger partial charge in [0.1, 0.15) is 16.8 Å². The molecular weight excluding hydrogens is 385 g/mol. The summed E-state index contributed by atoms with van der Waals surface area (Å²) >= 11 is 5.88. The van der Waals surface area contributed by atoms with Gasteiger partial charge in [0.05, 0.1) is 19.3 Å². The van der Waals surface area contributed by atoms with Gasteiger partial charge in [-0.3, -0.25) is 4.98 Å². The van der Waals surface area contributed by atoms with E-state index in [1.54, 1.807) is 16.8 Å². The zero-order chi connectivity index (χ0) is 19.7. The molecule has 142 valence electrons. The van der Waals surface area contributed by atoms with Crippen LogP contribution in [-0.4, -0.2) is 36.1 Å². The number of nitrogens with two attached hydrogens (primary N) is 1. The second-order valence-electron chi connectivity index (χ2n) is 5.90. The Labute approximate surface area is 164 Å². The van der Waals surface area contributed by atoms with Gasteiger partial charge in [-0.1, -0.05) is 17.7 Å². The number of halogens is 2. The van der Waals surface area contributed by atoms with Crippen molar-refractivity contribution in [2.45, 2.75) is 13.5 Å². The van der Waals surface area contributed by atoms with Gasteiger partial charge >= 0.3 is 6.01 Å². The predicted octanol–water partition coefficient (Wildman–Crippen LogP) is 3.11. The van der Waals surface area contributed by atoms with Gasteiger partial charge in [-0.25, -0.2) is 14.4 Å². The molecule has 0 radical (unpaired) electrons. The molecular formula is C18H15ClFN7O. The second kappa shape index (κ2) is 7.35. The molecule has 0 saturated heterocycles. The lowest BCUT2D eigenvalue weighted by molar-refractivity contribution is 0.314. The average molecular weight is 400 g/mol. The Kier molecular flexibility index (Phi) is 4.74. The van der Waals surface area contributed by atoms with Crippen molar-refractivity contribution < 1.29 is 9.13 Å². The van der Waals surface area contributed by atoms with Crippen molar-refractivity contribution >= 4 is 28.6 Å². The number of rotatable bonds is 5. The number of fused-ring (bicyclic) bond motifs is 1. The lowest BCUT2D eigenvalue weighted by atomic mass is 10.2.